The number of hydrogen-bond donors (Lipinski definition) is 1. The predicted molar refractivity (Wildman–Crippen MR) is 84.7 cm³/mol. The Bertz CT molecular complexity index is 1000. The smallest absolute Gasteiger partial charge is 0.255 e. The van der Waals surface area contributed by atoms with Crippen LogP contribution in [0.3, 0.4) is 0 Å². The van der Waals surface area contributed by atoms with Crippen molar-refractivity contribution in [3.63, 3.8) is 0 Å². The molecule has 3 aromatic rings. The molecule has 0 saturated heterocycles. The van der Waals surface area contributed by atoms with Crippen LogP contribution in [0.25, 0.3) is 11.3 Å². The van der Waals surface area contributed by atoms with E-state index in [-0.39, 0.29) is 10.8 Å². The first kappa shape index (κ1) is 16.5. The first-order chi connectivity index (χ1) is 11.4. The molecule has 124 valence electrons. The Morgan fingerprint density at radius 1 is 0.958 bits per heavy atom. The summed E-state index contributed by atoms with van der Waals surface area (Å²) in [4.78, 5) is 3.50. The van der Waals surface area contributed by atoms with E-state index < -0.39 is 32.4 Å². The summed E-state index contributed by atoms with van der Waals surface area (Å²) in [6.07, 6.45) is 0. The molecular weight excluding hydrogens is 361 g/mol. The number of sulfonamides is 1. The van der Waals surface area contributed by atoms with Crippen molar-refractivity contribution in [1.29, 1.82) is 0 Å². The molecule has 0 radical (unpaired) electrons. The summed E-state index contributed by atoms with van der Waals surface area (Å²) in [6, 6.07) is 8.16. The fourth-order valence-corrected chi connectivity index (χ4v) is 3.99. The van der Waals surface area contributed by atoms with Gasteiger partial charge in [0.1, 0.15) is 10.7 Å². The highest BCUT2D eigenvalue weighted by molar-refractivity contribution is 7.93. The standard InChI is InChI=1S/C15H9F3N2O2S2/c16-10-6-5-9(7-12(10)18)13-8-23-15(19-13)20-24(21,22)14-4-2-1-3-11(14)17/h1-8H,(H,19,20). The fourth-order valence-electron chi connectivity index (χ4n) is 1.94. The zero-order valence-corrected chi connectivity index (χ0v) is 13.5. The second kappa shape index (κ2) is 6.25. The predicted octanol–water partition coefficient (Wildman–Crippen LogP) is 4.03. The van der Waals surface area contributed by atoms with Crippen LogP contribution < -0.4 is 4.72 Å². The van der Waals surface area contributed by atoms with E-state index in [2.05, 4.69) is 9.71 Å². The van der Waals surface area contributed by atoms with Crippen LogP contribution in [0.2, 0.25) is 0 Å². The van der Waals surface area contributed by atoms with Gasteiger partial charge in [0.25, 0.3) is 10.0 Å². The number of anilines is 1. The lowest BCUT2D eigenvalue weighted by molar-refractivity contribution is 0.509. The quantitative estimate of drug-likeness (QED) is 0.754. The van der Waals surface area contributed by atoms with Gasteiger partial charge in [-0.05, 0) is 30.3 Å². The van der Waals surface area contributed by atoms with E-state index in [9.17, 15) is 21.6 Å². The van der Waals surface area contributed by atoms with Crippen LogP contribution in [-0.4, -0.2) is 13.4 Å². The lowest BCUT2D eigenvalue weighted by Gasteiger charge is -2.05. The van der Waals surface area contributed by atoms with Crippen molar-refractivity contribution < 1.29 is 21.6 Å². The van der Waals surface area contributed by atoms with Gasteiger partial charge in [-0.25, -0.2) is 26.6 Å². The van der Waals surface area contributed by atoms with Crippen LogP contribution in [0.4, 0.5) is 18.3 Å². The molecule has 0 unspecified atom stereocenters. The summed E-state index contributed by atoms with van der Waals surface area (Å²) in [5.74, 6) is -2.91. The van der Waals surface area contributed by atoms with Crippen molar-refractivity contribution in [3.8, 4) is 11.3 Å². The minimum Gasteiger partial charge on any atom is -0.255 e. The first-order valence-electron chi connectivity index (χ1n) is 6.55. The number of benzene rings is 2. The third-order valence-corrected chi connectivity index (χ3v) is 5.33. The molecule has 0 aliphatic rings. The number of hydrogen-bond acceptors (Lipinski definition) is 4. The lowest BCUT2D eigenvalue weighted by atomic mass is 10.2. The highest BCUT2D eigenvalue weighted by Crippen LogP contribution is 2.28. The number of rotatable bonds is 4. The maximum Gasteiger partial charge on any atom is 0.266 e. The van der Waals surface area contributed by atoms with Crippen LogP contribution in [0, 0.1) is 17.5 Å². The molecule has 2 aromatic carbocycles. The van der Waals surface area contributed by atoms with Gasteiger partial charge in [0.2, 0.25) is 0 Å². The van der Waals surface area contributed by atoms with Crippen LogP contribution in [-0.2, 0) is 10.0 Å². The minimum absolute atomic E-state index is 0.0158. The van der Waals surface area contributed by atoms with Gasteiger partial charge in [-0.2, -0.15) is 0 Å². The Morgan fingerprint density at radius 3 is 2.42 bits per heavy atom. The van der Waals surface area contributed by atoms with Crippen molar-refractivity contribution in [3.05, 3.63) is 65.3 Å². The summed E-state index contributed by atoms with van der Waals surface area (Å²) in [7, 11) is -4.14. The van der Waals surface area contributed by atoms with Crippen LogP contribution in [0.15, 0.2) is 52.7 Å². The molecular formula is C15H9F3N2O2S2. The van der Waals surface area contributed by atoms with Crippen LogP contribution >= 0.6 is 11.3 Å². The summed E-state index contributed by atoms with van der Waals surface area (Å²) in [6.45, 7) is 0. The molecule has 0 spiro atoms. The zero-order chi connectivity index (χ0) is 17.3. The van der Waals surface area contributed by atoms with Gasteiger partial charge >= 0.3 is 0 Å². The van der Waals surface area contributed by atoms with Crippen molar-refractivity contribution in [2.45, 2.75) is 4.90 Å². The third kappa shape index (κ3) is 3.26. The molecule has 1 heterocycles. The van der Waals surface area contributed by atoms with E-state index in [0.717, 1.165) is 35.6 Å². The molecule has 9 heteroatoms. The topological polar surface area (TPSA) is 59.1 Å². The van der Waals surface area contributed by atoms with E-state index in [0.29, 0.717) is 5.56 Å². The SMILES string of the molecule is O=S(=O)(Nc1nc(-c2ccc(F)c(F)c2)cs1)c1ccccc1F. The highest BCUT2D eigenvalue weighted by Gasteiger charge is 2.20. The van der Waals surface area contributed by atoms with Gasteiger partial charge in [0.15, 0.2) is 16.8 Å². The summed E-state index contributed by atoms with van der Waals surface area (Å²) < 4.78 is 66.3. The Hall–Kier alpha value is -2.39. The zero-order valence-electron chi connectivity index (χ0n) is 11.8. The molecule has 4 nitrogen and oxygen atoms in total. The average molecular weight is 370 g/mol. The van der Waals surface area contributed by atoms with E-state index in [1.54, 1.807) is 0 Å². The molecule has 0 bridgehead atoms. The Kier molecular flexibility index (Phi) is 4.29. The van der Waals surface area contributed by atoms with Gasteiger partial charge in [0, 0.05) is 10.9 Å². The van der Waals surface area contributed by atoms with Crippen molar-refractivity contribution in [1.82, 2.24) is 4.98 Å². The molecule has 24 heavy (non-hydrogen) atoms. The fraction of sp³-hybridized carbons (Fsp3) is 0. The molecule has 1 N–H and O–H groups in total. The first-order valence-corrected chi connectivity index (χ1v) is 8.91. The largest absolute Gasteiger partial charge is 0.266 e. The summed E-state index contributed by atoms with van der Waals surface area (Å²) in [5, 5.41) is 1.46. The number of halogens is 3. The minimum atomic E-state index is -4.14. The number of nitrogens with zero attached hydrogens (tertiary/aromatic N) is 1. The van der Waals surface area contributed by atoms with Crippen LogP contribution in [0.1, 0.15) is 0 Å². The average Bonchev–Trinajstić information content (AvgIpc) is 2.98. The molecule has 0 aliphatic carbocycles. The van der Waals surface area contributed by atoms with Crippen molar-refractivity contribution in [2.75, 3.05) is 4.72 Å². The van der Waals surface area contributed by atoms with Gasteiger partial charge < -0.3 is 0 Å². The number of thiazole rings is 1. The second-order valence-corrected chi connectivity index (χ2v) is 7.21. The Balaban J connectivity index is 1.89. The van der Waals surface area contributed by atoms with E-state index >= 15 is 0 Å². The van der Waals surface area contributed by atoms with Crippen molar-refractivity contribution in [2.24, 2.45) is 0 Å². The Morgan fingerprint density at radius 2 is 1.71 bits per heavy atom. The van der Waals surface area contributed by atoms with E-state index in [1.165, 1.54) is 23.6 Å². The lowest BCUT2D eigenvalue weighted by Crippen LogP contribution is -2.14. The summed E-state index contributed by atoms with van der Waals surface area (Å²) in [5.41, 5.74) is 0.562. The molecule has 3 rings (SSSR count). The van der Waals surface area contributed by atoms with E-state index in [1.807, 2.05) is 0 Å². The van der Waals surface area contributed by atoms with Crippen LogP contribution in [0.5, 0.6) is 0 Å². The maximum absolute atomic E-state index is 13.6. The maximum atomic E-state index is 13.6. The van der Waals surface area contributed by atoms with Gasteiger partial charge in [-0.1, -0.05) is 12.1 Å². The molecule has 0 aliphatic heterocycles. The van der Waals surface area contributed by atoms with Gasteiger partial charge in [-0.15, -0.1) is 11.3 Å². The summed E-state index contributed by atoms with van der Waals surface area (Å²) >= 11 is 0.942. The Labute approximate surface area is 139 Å². The molecule has 0 amide bonds. The highest BCUT2D eigenvalue weighted by atomic mass is 32.2. The molecule has 0 fully saturated rings. The number of aromatic nitrogens is 1. The normalized spacial score (nSPS) is 11.5. The molecule has 0 saturated carbocycles. The third-order valence-electron chi connectivity index (χ3n) is 3.07. The van der Waals surface area contributed by atoms with Gasteiger partial charge in [0.05, 0.1) is 5.69 Å². The molecule has 1 aromatic heterocycles. The number of nitrogens with one attached hydrogen (secondary N) is 1. The van der Waals surface area contributed by atoms with E-state index in [4.69, 9.17) is 0 Å². The van der Waals surface area contributed by atoms with Gasteiger partial charge in [-0.3, -0.25) is 4.72 Å². The second-order valence-electron chi connectivity index (χ2n) is 4.70. The van der Waals surface area contributed by atoms with Crippen molar-refractivity contribution >= 4 is 26.5 Å². The monoisotopic (exact) mass is 370 g/mol. The molecule has 0 atom stereocenters.